The van der Waals surface area contributed by atoms with E-state index in [4.69, 9.17) is 9.84 Å². The molecule has 1 aliphatic rings. The normalized spacial score (nSPS) is 15.5. The molecule has 4 amide bonds. The fourth-order valence-corrected chi connectivity index (χ4v) is 2.77. The maximum absolute atomic E-state index is 12.8. The zero-order valence-corrected chi connectivity index (χ0v) is 15.8. The number of nitrogens with zero attached hydrogens (tertiary/aromatic N) is 1. The Labute approximate surface area is 167 Å². The van der Waals surface area contributed by atoms with Crippen LogP contribution in [0.5, 0.6) is 5.75 Å². The number of hydrogen-bond acceptors (Lipinski definition) is 5. The summed E-state index contributed by atoms with van der Waals surface area (Å²) < 4.78 is 5.95. The van der Waals surface area contributed by atoms with E-state index >= 15 is 0 Å². The number of nitrogens with one attached hydrogen (secondary N) is 1. The van der Waals surface area contributed by atoms with Crippen LogP contribution in [0.1, 0.15) is 5.56 Å². The summed E-state index contributed by atoms with van der Waals surface area (Å²) in [7, 11) is 0. The van der Waals surface area contributed by atoms with Crippen LogP contribution in [-0.2, 0) is 14.4 Å². The number of benzene rings is 2. The number of aliphatic carboxylic acids is 1. The van der Waals surface area contributed by atoms with Crippen molar-refractivity contribution in [3.8, 4) is 5.75 Å². The third kappa shape index (κ3) is 4.09. The molecule has 9 heteroatoms. The SMILES string of the molecule is O=C(O)COc1ccccc1/C=C1\C(=O)NC(=O)N(c2ccc(Br)cc2)C1=O. The van der Waals surface area contributed by atoms with E-state index < -0.39 is 30.4 Å². The second-order valence-corrected chi connectivity index (χ2v) is 6.57. The minimum absolute atomic E-state index is 0.185. The molecule has 1 aliphatic heterocycles. The number of para-hydroxylation sites is 1. The summed E-state index contributed by atoms with van der Waals surface area (Å²) in [5, 5.41) is 10.9. The summed E-state index contributed by atoms with van der Waals surface area (Å²) in [5.41, 5.74) is 0.334. The number of carbonyl (C=O) groups excluding carboxylic acids is 3. The van der Waals surface area contributed by atoms with Crippen molar-refractivity contribution < 1.29 is 29.0 Å². The van der Waals surface area contributed by atoms with Crippen molar-refractivity contribution >= 4 is 51.5 Å². The quantitative estimate of drug-likeness (QED) is 0.541. The molecule has 0 aliphatic carbocycles. The molecule has 0 saturated carbocycles. The van der Waals surface area contributed by atoms with Crippen molar-refractivity contribution in [3.63, 3.8) is 0 Å². The molecule has 0 radical (unpaired) electrons. The van der Waals surface area contributed by atoms with Crippen molar-refractivity contribution in [3.05, 3.63) is 64.1 Å². The number of carboxylic acid groups (broad SMARTS) is 1. The third-order valence-electron chi connectivity index (χ3n) is 3.76. The first kappa shape index (κ1) is 19.3. The predicted molar refractivity (Wildman–Crippen MR) is 103 cm³/mol. The second kappa shape index (κ2) is 8.05. The van der Waals surface area contributed by atoms with Crippen LogP contribution in [0.2, 0.25) is 0 Å². The van der Waals surface area contributed by atoms with Gasteiger partial charge in [-0.25, -0.2) is 14.5 Å². The fraction of sp³-hybridized carbons (Fsp3) is 0.0526. The first-order valence-corrected chi connectivity index (χ1v) is 8.77. The molecular weight excluding hydrogens is 432 g/mol. The number of carboxylic acids is 1. The minimum Gasteiger partial charge on any atom is -0.481 e. The van der Waals surface area contributed by atoms with Gasteiger partial charge in [-0.1, -0.05) is 34.1 Å². The van der Waals surface area contributed by atoms with Gasteiger partial charge < -0.3 is 9.84 Å². The predicted octanol–water partition coefficient (Wildman–Crippen LogP) is 2.58. The van der Waals surface area contributed by atoms with E-state index in [0.717, 1.165) is 9.37 Å². The molecule has 0 spiro atoms. The highest BCUT2D eigenvalue weighted by atomic mass is 79.9. The molecule has 0 aromatic heterocycles. The van der Waals surface area contributed by atoms with Gasteiger partial charge in [0.1, 0.15) is 11.3 Å². The van der Waals surface area contributed by atoms with Crippen molar-refractivity contribution in [1.82, 2.24) is 5.32 Å². The van der Waals surface area contributed by atoms with Gasteiger partial charge in [0.05, 0.1) is 5.69 Å². The van der Waals surface area contributed by atoms with Crippen LogP contribution < -0.4 is 15.0 Å². The molecule has 2 aromatic carbocycles. The zero-order chi connectivity index (χ0) is 20.3. The first-order chi connectivity index (χ1) is 13.4. The lowest BCUT2D eigenvalue weighted by atomic mass is 10.1. The number of halogens is 1. The molecule has 1 heterocycles. The molecule has 1 saturated heterocycles. The van der Waals surface area contributed by atoms with Gasteiger partial charge in [0.15, 0.2) is 6.61 Å². The molecular formula is C19H13BrN2O6. The highest BCUT2D eigenvalue weighted by Gasteiger charge is 2.36. The Balaban J connectivity index is 1.98. The number of hydrogen-bond donors (Lipinski definition) is 2. The average molecular weight is 445 g/mol. The number of ether oxygens (including phenoxy) is 1. The summed E-state index contributed by atoms with van der Waals surface area (Å²) in [6.45, 7) is -0.580. The Kier molecular flexibility index (Phi) is 5.55. The molecule has 1 fully saturated rings. The molecule has 0 unspecified atom stereocenters. The van der Waals surface area contributed by atoms with Crippen molar-refractivity contribution in [1.29, 1.82) is 0 Å². The zero-order valence-electron chi connectivity index (χ0n) is 14.2. The van der Waals surface area contributed by atoms with Crippen LogP contribution in [-0.4, -0.2) is 35.5 Å². The van der Waals surface area contributed by atoms with E-state index in [1.165, 1.54) is 12.1 Å². The number of anilines is 1. The van der Waals surface area contributed by atoms with Crippen molar-refractivity contribution in [2.24, 2.45) is 0 Å². The molecule has 3 rings (SSSR count). The van der Waals surface area contributed by atoms with Crippen LogP contribution in [0.15, 0.2) is 58.6 Å². The van der Waals surface area contributed by atoms with E-state index in [0.29, 0.717) is 11.3 Å². The topological polar surface area (TPSA) is 113 Å². The number of amides is 4. The molecule has 2 N–H and O–H groups in total. The lowest BCUT2D eigenvalue weighted by Gasteiger charge is -2.26. The largest absolute Gasteiger partial charge is 0.481 e. The Bertz CT molecular complexity index is 1000. The van der Waals surface area contributed by atoms with Gasteiger partial charge in [0.2, 0.25) is 0 Å². The van der Waals surface area contributed by atoms with Gasteiger partial charge in [-0.2, -0.15) is 0 Å². The molecule has 142 valence electrons. The number of imide groups is 2. The number of rotatable bonds is 5. The minimum atomic E-state index is -1.17. The average Bonchev–Trinajstić information content (AvgIpc) is 2.65. The van der Waals surface area contributed by atoms with E-state index in [1.807, 2.05) is 0 Å². The van der Waals surface area contributed by atoms with Crippen molar-refractivity contribution in [2.45, 2.75) is 0 Å². The van der Waals surface area contributed by atoms with Crippen LogP contribution in [0, 0.1) is 0 Å². The van der Waals surface area contributed by atoms with Gasteiger partial charge in [0, 0.05) is 10.0 Å². The van der Waals surface area contributed by atoms with E-state index in [1.54, 1.807) is 42.5 Å². The number of urea groups is 1. The lowest BCUT2D eigenvalue weighted by molar-refractivity contribution is -0.139. The summed E-state index contributed by atoms with van der Waals surface area (Å²) in [4.78, 5) is 48.8. The van der Waals surface area contributed by atoms with Gasteiger partial charge in [-0.05, 0) is 36.4 Å². The summed E-state index contributed by atoms with van der Waals surface area (Å²) in [6, 6.07) is 11.9. The molecule has 28 heavy (non-hydrogen) atoms. The van der Waals surface area contributed by atoms with Crippen LogP contribution >= 0.6 is 15.9 Å². The van der Waals surface area contributed by atoms with Gasteiger partial charge in [-0.3, -0.25) is 14.9 Å². The lowest BCUT2D eigenvalue weighted by Crippen LogP contribution is -2.54. The van der Waals surface area contributed by atoms with Gasteiger partial charge >= 0.3 is 12.0 Å². The number of barbiturate groups is 1. The summed E-state index contributed by atoms with van der Waals surface area (Å²) in [5.74, 6) is -2.63. The molecule has 8 nitrogen and oxygen atoms in total. The van der Waals surface area contributed by atoms with Crippen molar-refractivity contribution in [2.75, 3.05) is 11.5 Å². The van der Waals surface area contributed by atoms with Crippen LogP contribution in [0.4, 0.5) is 10.5 Å². The Morgan fingerprint density at radius 3 is 2.46 bits per heavy atom. The maximum atomic E-state index is 12.8. The Morgan fingerprint density at radius 1 is 1.11 bits per heavy atom. The van der Waals surface area contributed by atoms with E-state index in [-0.39, 0.29) is 11.3 Å². The van der Waals surface area contributed by atoms with Gasteiger partial charge in [0.25, 0.3) is 11.8 Å². The Morgan fingerprint density at radius 2 is 1.79 bits per heavy atom. The molecule has 2 aromatic rings. The summed E-state index contributed by atoms with van der Waals surface area (Å²) >= 11 is 3.27. The second-order valence-electron chi connectivity index (χ2n) is 5.65. The maximum Gasteiger partial charge on any atom is 0.341 e. The monoisotopic (exact) mass is 444 g/mol. The Hall–Kier alpha value is -3.46. The van der Waals surface area contributed by atoms with E-state index in [2.05, 4.69) is 21.2 Å². The molecule has 0 atom stereocenters. The van der Waals surface area contributed by atoms with Gasteiger partial charge in [-0.15, -0.1) is 0 Å². The third-order valence-corrected chi connectivity index (χ3v) is 4.29. The smallest absolute Gasteiger partial charge is 0.341 e. The van der Waals surface area contributed by atoms with Crippen LogP contribution in [0.3, 0.4) is 0 Å². The first-order valence-electron chi connectivity index (χ1n) is 7.97. The molecule has 0 bridgehead atoms. The number of carbonyl (C=O) groups is 4. The highest BCUT2D eigenvalue weighted by molar-refractivity contribution is 9.10. The highest BCUT2D eigenvalue weighted by Crippen LogP contribution is 2.26. The fourth-order valence-electron chi connectivity index (χ4n) is 2.51. The van der Waals surface area contributed by atoms with E-state index in [9.17, 15) is 19.2 Å². The summed E-state index contributed by atoms with van der Waals surface area (Å²) in [6.07, 6.45) is 1.26. The standard InChI is InChI=1S/C19H13BrN2O6/c20-12-5-7-13(8-6-12)22-18(26)14(17(25)21-19(22)27)9-11-3-1-2-4-15(11)28-10-16(23)24/h1-9H,10H2,(H,23,24)(H,21,25,27)/b14-9+. The van der Waals surface area contributed by atoms with Crippen LogP contribution in [0.25, 0.3) is 6.08 Å².